The van der Waals surface area contributed by atoms with Crippen molar-refractivity contribution in [3.8, 4) is 11.4 Å². The van der Waals surface area contributed by atoms with Crippen molar-refractivity contribution in [1.29, 1.82) is 0 Å². The van der Waals surface area contributed by atoms with Crippen LogP contribution in [0.3, 0.4) is 0 Å². The van der Waals surface area contributed by atoms with Gasteiger partial charge in [-0.3, -0.25) is 4.79 Å². The molecule has 0 spiro atoms. The van der Waals surface area contributed by atoms with Crippen LogP contribution in [0.15, 0.2) is 60.6 Å². The van der Waals surface area contributed by atoms with Crippen molar-refractivity contribution >= 4 is 12.0 Å². The second kappa shape index (κ2) is 8.96. The molecule has 3 heterocycles. The number of benzene rings is 2. The number of carbonyl (C=O) groups is 1. The molecule has 2 saturated heterocycles. The molecule has 3 aromatic rings. The van der Waals surface area contributed by atoms with Crippen molar-refractivity contribution in [2.45, 2.75) is 57.2 Å². The first-order valence-corrected chi connectivity index (χ1v) is 11.9. The van der Waals surface area contributed by atoms with Gasteiger partial charge in [0.25, 0.3) is 5.91 Å². The van der Waals surface area contributed by atoms with Gasteiger partial charge in [-0.25, -0.2) is 9.37 Å². The SMILES string of the molecule is COc1cc(/C=C2\CC[C@H]3C[C@@](C)(O)C[C@H](c4ccc(F)cc4)N3C2=O)ccc1-n1cnc(C)c1. The predicted molar refractivity (Wildman–Crippen MR) is 132 cm³/mol. The Morgan fingerprint density at radius 3 is 2.66 bits per heavy atom. The van der Waals surface area contributed by atoms with E-state index in [1.165, 1.54) is 12.1 Å². The summed E-state index contributed by atoms with van der Waals surface area (Å²) in [4.78, 5) is 19.9. The van der Waals surface area contributed by atoms with E-state index in [9.17, 15) is 14.3 Å². The van der Waals surface area contributed by atoms with Gasteiger partial charge in [0, 0.05) is 24.2 Å². The molecule has 0 unspecified atom stereocenters. The van der Waals surface area contributed by atoms with Crippen LogP contribution in [-0.2, 0) is 4.79 Å². The molecule has 0 radical (unpaired) electrons. The van der Waals surface area contributed by atoms with E-state index >= 15 is 0 Å². The highest BCUT2D eigenvalue weighted by molar-refractivity contribution is 5.99. The lowest BCUT2D eigenvalue weighted by molar-refractivity contribution is -0.144. The maximum atomic E-state index is 13.7. The van der Waals surface area contributed by atoms with Crippen molar-refractivity contribution < 1.29 is 19.0 Å². The molecule has 0 bridgehead atoms. The first-order valence-electron chi connectivity index (χ1n) is 11.9. The normalized spacial score (nSPS) is 25.6. The summed E-state index contributed by atoms with van der Waals surface area (Å²) in [5, 5.41) is 10.9. The molecular formula is C28H30FN3O3. The van der Waals surface area contributed by atoms with Crippen LogP contribution in [0.4, 0.5) is 4.39 Å². The van der Waals surface area contributed by atoms with E-state index in [1.54, 1.807) is 25.6 Å². The Balaban J connectivity index is 1.47. The number of nitrogens with zero attached hydrogens (tertiary/aromatic N) is 3. The van der Waals surface area contributed by atoms with Crippen molar-refractivity contribution in [1.82, 2.24) is 14.5 Å². The minimum Gasteiger partial charge on any atom is -0.495 e. The highest BCUT2D eigenvalue weighted by Gasteiger charge is 2.46. The molecule has 1 amide bonds. The molecule has 6 nitrogen and oxygen atoms in total. The van der Waals surface area contributed by atoms with Gasteiger partial charge >= 0.3 is 0 Å². The summed E-state index contributed by atoms with van der Waals surface area (Å²) in [5.41, 5.74) is 3.36. The smallest absolute Gasteiger partial charge is 0.250 e. The van der Waals surface area contributed by atoms with Crippen LogP contribution in [0.25, 0.3) is 11.8 Å². The number of ether oxygens (including phenoxy) is 1. The van der Waals surface area contributed by atoms with Gasteiger partial charge in [-0.1, -0.05) is 18.2 Å². The van der Waals surface area contributed by atoms with E-state index < -0.39 is 5.60 Å². The van der Waals surface area contributed by atoms with Crippen molar-refractivity contribution in [2.24, 2.45) is 0 Å². The molecule has 7 heteroatoms. The Labute approximate surface area is 204 Å². The molecule has 2 aliphatic rings. The molecule has 2 aromatic carbocycles. The third kappa shape index (κ3) is 4.60. The first kappa shape index (κ1) is 23.3. The summed E-state index contributed by atoms with van der Waals surface area (Å²) < 4.78 is 21.1. The Bertz CT molecular complexity index is 1280. The van der Waals surface area contributed by atoms with Crippen LogP contribution in [0.2, 0.25) is 0 Å². The number of aliphatic hydroxyl groups is 1. The third-order valence-corrected chi connectivity index (χ3v) is 7.08. The molecule has 1 aromatic heterocycles. The number of rotatable bonds is 4. The molecular weight excluding hydrogens is 445 g/mol. The number of imidazole rings is 1. The maximum absolute atomic E-state index is 13.7. The van der Waals surface area contributed by atoms with Gasteiger partial charge in [0.15, 0.2) is 0 Å². The van der Waals surface area contributed by atoms with E-state index in [2.05, 4.69) is 4.98 Å². The fourth-order valence-corrected chi connectivity index (χ4v) is 5.45. The van der Waals surface area contributed by atoms with E-state index in [-0.39, 0.29) is 23.8 Å². The summed E-state index contributed by atoms with van der Waals surface area (Å²) in [5.74, 6) is 0.345. The molecule has 5 rings (SSSR count). The van der Waals surface area contributed by atoms with Crippen LogP contribution in [0.1, 0.15) is 55.5 Å². The Morgan fingerprint density at radius 2 is 1.97 bits per heavy atom. The van der Waals surface area contributed by atoms with Crippen LogP contribution < -0.4 is 4.74 Å². The topological polar surface area (TPSA) is 67.6 Å². The molecule has 1 N–H and O–H groups in total. The minimum atomic E-state index is -0.878. The van der Waals surface area contributed by atoms with E-state index in [1.807, 2.05) is 53.8 Å². The number of carbonyl (C=O) groups excluding carboxylic acids is 1. The number of aryl methyl sites for hydroxylation is 1. The van der Waals surface area contributed by atoms with E-state index in [0.717, 1.165) is 34.5 Å². The lowest BCUT2D eigenvalue weighted by Gasteiger charge is -2.50. The van der Waals surface area contributed by atoms with Crippen LogP contribution in [0.5, 0.6) is 5.75 Å². The first-order chi connectivity index (χ1) is 16.7. The fraction of sp³-hybridized carbons (Fsp3) is 0.357. The molecule has 2 fully saturated rings. The highest BCUT2D eigenvalue weighted by Crippen LogP contribution is 2.44. The summed E-state index contributed by atoms with van der Waals surface area (Å²) in [7, 11) is 1.63. The second-order valence-corrected chi connectivity index (χ2v) is 9.90. The monoisotopic (exact) mass is 475 g/mol. The molecule has 2 aliphatic heterocycles. The number of piperidine rings is 2. The average molecular weight is 476 g/mol. The van der Waals surface area contributed by atoms with Gasteiger partial charge in [0.2, 0.25) is 0 Å². The minimum absolute atomic E-state index is 0.0284. The number of hydrogen-bond acceptors (Lipinski definition) is 4. The third-order valence-electron chi connectivity index (χ3n) is 7.08. The Hall–Kier alpha value is -3.45. The fourth-order valence-electron chi connectivity index (χ4n) is 5.45. The predicted octanol–water partition coefficient (Wildman–Crippen LogP) is 4.99. The van der Waals surface area contributed by atoms with Gasteiger partial charge in [0.1, 0.15) is 11.6 Å². The van der Waals surface area contributed by atoms with Crippen molar-refractivity contribution in [3.05, 3.63) is 83.2 Å². The number of amides is 1. The number of hydrogen-bond donors (Lipinski definition) is 1. The van der Waals surface area contributed by atoms with E-state index in [4.69, 9.17) is 4.74 Å². The highest BCUT2D eigenvalue weighted by atomic mass is 19.1. The van der Waals surface area contributed by atoms with Gasteiger partial charge in [0.05, 0.1) is 36.5 Å². The molecule has 35 heavy (non-hydrogen) atoms. The van der Waals surface area contributed by atoms with Crippen molar-refractivity contribution in [2.75, 3.05) is 7.11 Å². The molecule has 182 valence electrons. The van der Waals surface area contributed by atoms with Gasteiger partial charge in [-0.15, -0.1) is 0 Å². The summed E-state index contributed by atoms with van der Waals surface area (Å²) in [6.45, 7) is 3.76. The zero-order chi connectivity index (χ0) is 24.7. The lowest BCUT2D eigenvalue weighted by atomic mass is 9.77. The van der Waals surface area contributed by atoms with Gasteiger partial charge in [-0.05, 0) is 74.6 Å². The van der Waals surface area contributed by atoms with Crippen molar-refractivity contribution in [3.63, 3.8) is 0 Å². The zero-order valence-electron chi connectivity index (χ0n) is 20.2. The lowest BCUT2D eigenvalue weighted by Crippen LogP contribution is -2.55. The van der Waals surface area contributed by atoms with Gasteiger partial charge < -0.3 is 19.3 Å². The number of fused-ring (bicyclic) bond motifs is 1. The van der Waals surface area contributed by atoms with Crippen LogP contribution >= 0.6 is 0 Å². The van der Waals surface area contributed by atoms with Crippen LogP contribution in [-0.4, -0.2) is 44.2 Å². The number of methoxy groups -OCH3 is 1. The standard InChI is InChI=1S/C28H30FN3O3/c1-18-16-31(17-30-18)24-11-4-19(13-26(24)35-3)12-21-7-10-23-14-28(2,34)15-25(32(23)27(21)33)20-5-8-22(29)9-6-20/h4-6,8-9,11-13,16-17,23,25,34H,7,10,14-15H2,1-3H3/b21-12+/t23-,25+,28+/m0/s1. The maximum Gasteiger partial charge on any atom is 0.250 e. The molecule has 0 aliphatic carbocycles. The molecule has 0 saturated carbocycles. The average Bonchev–Trinajstić information content (AvgIpc) is 3.26. The summed E-state index contributed by atoms with van der Waals surface area (Å²) >= 11 is 0. The number of halogens is 1. The Morgan fingerprint density at radius 1 is 1.20 bits per heavy atom. The Kier molecular flexibility index (Phi) is 5.97. The number of aromatic nitrogens is 2. The zero-order valence-corrected chi connectivity index (χ0v) is 20.2. The second-order valence-electron chi connectivity index (χ2n) is 9.90. The quantitative estimate of drug-likeness (QED) is 0.540. The van der Waals surface area contributed by atoms with Gasteiger partial charge in [-0.2, -0.15) is 0 Å². The molecule has 3 atom stereocenters. The van der Waals surface area contributed by atoms with E-state index in [0.29, 0.717) is 25.0 Å². The summed E-state index contributed by atoms with van der Waals surface area (Å²) in [6, 6.07) is 11.7. The van der Waals surface area contributed by atoms with Crippen LogP contribution in [0, 0.1) is 12.7 Å². The largest absolute Gasteiger partial charge is 0.495 e. The summed E-state index contributed by atoms with van der Waals surface area (Å²) in [6.07, 6.45) is 7.97.